The maximum absolute atomic E-state index is 12.7. The molecular weight excluding hydrogens is 298 g/mol. The highest BCUT2D eigenvalue weighted by Crippen LogP contribution is 2.37. The van der Waals surface area contributed by atoms with Crippen molar-refractivity contribution in [3.63, 3.8) is 0 Å². The Morgan fingerprint density at radius 1 is 1.27 bits per heavy atom. The van der Waals surface area contributed by atoms with Gasteiger partial charge in [0.05, 0.1) is 12.1 Å². The van der Waals surface area contributed by atoms with Crippen LogP contribution in [0.2, 0.25) is 5.02 Å². The molecule has 1 amide bonds. The number of nitrogens with zero attached hydrogens (tertiary/aromatic N) is 3. The minimum absolute atomic E-state index is 0.0239. The van der Waals surface area contributed by atoms with Gasteiger partial charge in [-0.2, -0.15) is 0 Å². The zero-order chi connectivity index (χ0) is 15.1. The standard InChI is InChI=1S/C17H16ClN3O/c18-13-4-1-5-14(7-13)21-15-8-16(17(21)22)20(11-15)10-12-3-2-6-19-9-12/h1-7,9,15-16H,8,10-11H2/t15-,16-/m0/s1. The molecule has 22 heavy (non-hydrogen) atoms. The normalized spacial score (nSPS) is 24.2. The Morgan fingerprint density at radius 3 is 2.91 bits per heavy atom. The molecule has 2 aliphatic heterocycles. The maximum atomic E-state index is 12.7. The van der Waals surface area contributed by atoms with Crippen molar-refractivity contribution < 1.29 is 4.79 Å². The summed E-state index contributed by atoms with van der Waals surface area (Å²) in [5.74, 6) is 0.183. The van der Waals surface area contributed by atoms with Crippen LogP contribution in [-0.4, -0.2) is 34.4 Å². The highest BCUT2D eigenvalue weighted by Gasteiger charge is 2.49. The van der Waals surface area contributed by atoms with Crippen molar-refractivity contribution in [2.45, 2.75) is 25.0 Å². The summed E-state index contributed by atoms with van der Waals surface area (Å²) in [7, 11) is 0. The molecule has 2 aliphatic rings. The molecule has 0 saturated carbocycles. The molecule has 2 atom stereocenters. The van der Waals surface area contributed by atoms with Gasteiger partial charge in [-0.05, 0) is 36.2 Å². The average molecular weight is 314 g/mol. The van der Waals surface area contributed by atoms with E-state index in [1.807, 2.05) is 41.4 Å². The van der Waals surface area contributed by atoms with Crippen LogP contribution in [0.25, 0.3) is 0 Å². The van der Waals surface area contributed by atoms with E-state index in [1.54, 1.807) is 6.20 Å². The molecule has 1 aromatic carbocycles. The second-order valence-electron chi connectivity index (χ2n) is 5.88. The minimum Gasteiger partial charge on any atom is -0.307 e. The van der Waals surface area contributed by atoms with Gasteiger partial charge in [-0.3, -0.25) is 14.7 Å². The molecule has 4 nitrogen and oxygen atoms in total. The first-order valence-corrected chi connectivity index (χ1v) is 7.82. The molecule has 5 heteroatoms. The molecule has 0 radical (unpaired) electrons. The zero-order valence-electron chi connectivity index (χ0n) is 12.0. The highest BCUT2D eigenvalue weighted by atomic mass is 35.5. The summed E-state index contributed by atoms with van der Waals surface area (Å²) in [6, 6.07) is 11.8. The minimum atomic E-state index is -0.0239. The van der Waals surface area contributed by atoms with E-state index in [1.165, 1.54) is 0 Å². The topological polar surface area (TPSA) is 36.4 Å². The van der Waals surface area contributed by atoms with Crippen molar-refractivity contribution in [1.82, 2.24) is 9.88 Å². The van der Waals surface area contributed by atoms with Crippen molar-refractivity contribution >= 4 is 23.2 Å². The fraction of sp³-hybridized carbons (Fsp3) is 0.294. The lowest BCUT2D eigenvalue weighted by atomic mass is 10.2. The number of amides is 1. The molecule has 112 valence electrons. The Hall–Kier alpha value is -1.91. The number of carbonyl (C=O) groups excluding carboxylic acids is 1. The lowest BCUT2D eigenvalue weighted by molar-refractivity contribution is -0.122. The van der Waals surface area contributed by atoms with Gasteiger partial charge in [-0.25, -0.2) is 0 Å². The van der Waals surface area contributed by atoms with Crippen LogP contribution in [0.3, 0.4) is 0 Å². The quantitative estimate of drug-likeness (QED) is 0.874. The number of hydrogen-bond donors (Lipinski definition) is 0. The lowest BCUT2D eigenvalue weighted by Crippen LogP contribution is -2.50. The van der Waals surface area contributed by atoms with E-state index in [2.05, 4.69) is 16.0 Å². The Labute approximate surface area is 134 Å². The molecule has 1 aromatic heterocycles. The molecule has 4 rings (SSSR count). The summed E-state index contributed by atoms with van der Waals surface area (Å²) in [6.45, 7) is 1.68. The molecular formula is C17H16ClN3O. The van der Waals surface area contributed by atoms with E-state index >= 15 is 0 Å². The number of piperazine rings is 1. The van der Waals surface area contributed by atoms with Crippen molar-refractivity contribution in [1.29, 1.82) is 0 Å². The summed E-state index contributed by atoms with van der Waals surface area (Å²) >= 11 is 6.05. The third-order valence-corrected chi connectivity index (χ3v) is 4.70. The fourth-order valence-electron chi connectivity index (χ4n) is 3.53. The van der Waals surface area contributed by atoms with E-state index in [-0.39, 0.29) is 18.0 Å². The predicted octanol–water partition coefficient (Wildman–Crippen LogP) is 2.72. The number of pyridine rings is 1. The highest BCUT2D eigenvalue weighted by molar-refractivity contribution is 6.31. The van der Waals surface area contributed by atoms with Crippen LogP contribution >= 0.6 is 11.6 Å². The summed E-state index contributed by atoms with van der Waals surface area (Å²) in [4.78, 5) is 21.0. The predicted molar refractivity (Wildman–Crippen MR) is 85.8 cm³/mol. The molecule has 2 bridgehead atoms. The molecule has 0 spiro atoms. The largest absolute Gasteiger partial charge is 0.307 e. The second-order valence-corrected chi connectivity index (χ2v) is 6.32. The van der Waals surface area contributed by atoms with Crippen LogP contribution in [0.1, 0.15) is 12.0 Å². The number of rotatable bonds is 3. The van der Waals surface area contributed by atoms with Gasteiger partial charge in [-0.1, -0.05) is 23.7 Å². The number of fused-ring (bicyclic) bond motifs is 2. The Balaban J connectivity index is 1.53. The Kier molecular flexibility index (Phi) is 3.36. The molecule has 0 N–H and O–H groups in total. The Bertz CT molecular complexity index is 706. The lowest BCUT2D eigenvalue weighted by Gasteiger charge is -2.33. The Morgan fingerprint density at radius 2 is 2.18 bits per heavy atom. The third kappa shape index (κ3) is 2.28. The van der Waals surface area contributed by atoms with Gasteiger partial charge < -0.3 is 4.90 Å². The molecule has 2 aromatic rings. The summed E-state index contributed by atoms with van der Waals surface area (Å²) in [5.41, 5.74) is 2.06. The van der Waals surface area contributed by atoms with Crippen molar-refractivity contribution in [2.24, 2.45) is 0 Å². The summed E-state index contributed by atoms with van der Waals surface area (Å²) in [6.07, 6.45) is 4.53. The van der Waals surface area contributed by atoms with Crippen LogP contribution in [0.4, 0.5) is 5.69 Å². The van der Waals surface area contributed by atoms with E-state index in [0.29, 0.717) is 5.02 Å². The van der Waals surface area contributed by atoms with Crippen LogP contribution in [0.5, 0.6) is 0 Å². The summed E-state index contributed by atoms with van der Waals surface area (Å²) in [5, 5.41) is 0.667. The molecule has 3 heterocycles. The zero-order valence-corrected chi connectivity index (χ0v) is 12.8. The van der Waals surface area contributed by atoms with Gasteiger partial charge in [0.2, 0.25) is 5.91 Å². The van der Waals surface area contributed by atoms with E-state index in [9.17, 15) is 4.79 Å². The second kappa shape index (κ2) is 5.38. The van der Waals surface area contributed by atoms with Gasteiger partial charge in [0.1, 0.15) is 0 Å². The van der Waals surface area contributed by atoms with Gasteiger partial charge >= 0.3 is 0 Å². The van der Waals surface area contributed by atoms with E-state index < -0.39 is 0 Å². The first kappa shape index (κ1) is 13.7. The first-order valence-electron chi connectivity index (χ1n) is 7.44. The molecule has 2 fully saturated rings. The van der Waals surface area contributed by atoms with E-state index in [4.69, 9.17) is 11.6 Å². The molecule has 0 unspecified atom stereocenters. The number of benzene rings is 1. The molecule has 0 aliphatic carbocycles. The number of likely N-dealkylation sites (tertiary alicyclic amines) is 1. The van der Waals surface area contributed by atoms with Gasteiger partial charge in [-0.15, -0.1) is 0 Å². The SMILES string of the molecule is O=C1[C@@H]2C[C@@H](CN2Cc2cccnc2)N1c1cccc(Cl)c1. The number of halogens is 1. The van der Waals surface area contributed by atoms with Gasteiger partial charge in [0, 0.05) is 36.2 Å². The van der Waals surface area contributed by atoms with Gasteiger partial charge in [0.25, 0.3) is 0 Å². The van der Waals surface area contributed by atoms with Crippen LogP contribution in [0, 0.1) is 0 Å². The van der Waals surface area contributed by atoms with Crippen LogP contribution in [-0.2, 0) is 11.3 Å². The monoisotopic (exact) mass is 313 g/mol. The number of anilines is 1. The third-order valence-electron chi connectivity index (χ3n) is 4.46. The van der Waals surface area contributed by atoms with Crippen molar-refractivity contribution in [3.05, 3.63) is 59.4 Å². The smallest absolute Gasteiger partial charge is 0.244 e. The number of hydrogen-bond acceptors (Lipinski definition) is 3. The number of carbonyl (C=O) groups is 1. The van der Waals surface area contributed by atoms with Crippen LogP contribution < -0.4 is 4.90 Å². The van der Waals surface area contributed by atoms with Crippen LogP contribution in [0.15, 0.2) is 48.8 Å². The number of aromatic nitrogens is 1. The fourth-order valence-corrected chi connectivity index (χ4v) is 3.71. The molecule has 2 saturated heterocycles. The van der Waals surface area contributed by atoms with Gasteiger partial charge in [0.15, 0.2) is 0 Å². The van der Waals surface area contributed by atoms with Crippen molar-refractivity contribution in [2.75, 3.05) is 11.4 Å². The first-order chi connectivity index (χ1) is 10.7. The van der Waals surface area contributed by atoms with Crippen molar-refractivity contribution in [3.8, 4) is 0 Å². The summed E-state index contributed by atoms with van der Waals surface area (Å²) < 4.78 is 0. The maximum Gasteiger partial charge on any atom is 0.244 e. The average Bonchev–Trinajstić information content (AvgIpc) is 3.05. The van der Waals surface area contributed by atoms with E-state index in [0.717, 1.165) is 30.8 Å².